The molecule has 0 saturated heterocycles. The van der Waals surface area contributed by atoms with Crippen LogP contribution in [0.3, 0.4) is 0 Å². The molecule has 0 saturated carbocycles. The maximum Gasteiger partial charge on any atom is 0.411 e. The maximum atomic E-state index is 12.4. The lowest BCUT2D eigenvalue weighted by molar-refractivity contribution is -0.119. The first-order valence-electron chi connectivity index (χ1n) is 8.43. The highest BCUT2D eigenvalue weighted by Gasteiger charge is 2.14. The van der Waals surface area contributed by atoms with Gasteiger partial charge in [0, 0.05) is 5.69 Å². The molecule has 2 amide bonds. The molecule has 0 fully saturated rings. The normalized spacial score (nSPS) is 10.2. The Hall–Kier alpha value is -3.69. The Morgan fingerprint density at radius 2 is 1.66 bits per heavy atom. The number of carbonyl (C=O) groups is 3. The standard InChI is InChI=1S/C19H18F2N2O6/c1-2-27-19(26)22-13-9-7-12(8-10-13)17(25)28-11-16(24)23-14-5-3-4-6-15(14)29-18(20)21/h3-10,18H,2,11H2,1H3,(H,22,26)(H,23,24). The van der Waals surface area contributed by atoms with Crippen molar-refractivity contribution in [2.24, 2.45) is 0 Å². The highest BCUT2D eigenvalue weighted by Crippen LogP contribution is 2.25. The van der Waals surface area contributed by atoms with E-state index in [1.165, 1.54) is 48.5 Å². The van der Waals surface area contributed by atoms with Crippen LogP contribution in [0.4, 0.5) is 25.0 Å². The predicted molar refractivity (Wildman–Crippen MR) is 99.1 cm³/mol. The molecule has 0 bridgehead atoms. The fourth-order valence-corrected chi connectivity index (χ4v) is 2.14. The van der Waals surface area contributed by atoms with E-state index < -0.39 is 31.2 Å². The van der Waals surface area contributed by atoms with Crippen LogP contribution in [0, 0.1) is 0 Å². The van der Waals surface area contributed by atoms with Crippen molar-refractivity contribution in [2.45, 2.75) is 13.5 Å². The molecule has 0 aliphatic rings. The second-order valence-corrected chi connectivity index (χ2v) is 5.42. The summed E-state index contributed by atoms with van der Waals surface area (Å²) in [6.07, 6.45) is -0.629. The van der Waals surface area contributed by atoms with E-state index in [1.54, 1.807) is 6.92 Å². The number of carbonyl (C=O) groups excluding carboxylic acids is 3. The first-order valence-corrected chi connectivity index (χ1v) is 8.43. The molecular weight excluding hydrogens is 390 g/mol. The van der Waals surface area contributed by atoms with Gasteiger partial charge in [0.15, 0.2) is 6.61 Å². The predicted octanol–water partition coefficient (Wildman–Crippen LogP) is 3.65. The van der Waals surface area contributed by atoms with Crippen LogP contribution < -0.4 is 15.4 Å². The van der Waals surface area contributed by atoms with E-state index in [4.69, 9.17) is 9.47 Å². The highest BCUT2D eigenvalue weighted by atomic mass is 19.3. The Kier molecular flexibility index (Phi) is 7.89. The quantitative estimate of drug-likeness (QED) is 0.647. The van der Waals surface area contributed by atoms with E-state index in [0.29, 0.717) is 5.69 Å². The SMILES string of the molecule is CCOC(=O)Nc1ccc(C(=O)OCC(=O)Nc2ccccc2OC(F)F)cc1. The number of ether oxygens (including phenoxy) is 3. The van der Waals surface area contributed by atoms with Crippen molar-refractivity contribution in [2.75, 3.05) is 23.8 Å². The van der Waals surface area contributed by atoms with Crippen molar-refractivity contribution < 1.29 is 37.4 Å². The molecule has 10 heteroatoms. The second kappa shape index (κ2) is 10.6. The van der Waals surface area contributed by atoms with Gasteiger partial charge < -0.3 is 19.5 Å². The highest BCUT2D eigenvalue weighted by molar-refractivity contribution is 5.96. The molecule has 0 aliphatic heterocycles. The van der Waals surface area contributed by atoms with Crippen LogP contribution in [-0.2, 0) is 14.3 Å². The van der Waals surface area contributed by atoms with Gasteiger partial charge in [-0.05, 0) is 43.3 Å². The van der Waals surface area contributed by atoms with Crippen molar-refractivity contribution in [1.82, 2.24) is 0 Å². The van der Waals surface area contributed by atoms with Crippen molar-refractivity contribution in [3.05, 3.63) is 54.1 Å². The third-order valence-electron chi connectivity index (χ3n) is 3.35. The Morgan fingerprint density at radius 1 is 0.966 bits per heavy atom. The number of benzene rings is 2. The summed E-state index contributed by atoms with van der Waals surface area (Å²) < 4.78 is 38.7. The third kappa shape index (κ3) is 7.09. The zero-order chi connectivity index (χ0) is 21.2. The average Bonchev–Trinajstić information content (AvgIpc) is 2.68. The van der Waals surface area contributed by atoms with Crippen LogP contribution in [-0.4, -0.2) is 37.8 Å². The lowest BCUT2D eigenvalue weighted by atomic mass is 10.2. The van der Waals surface area contributed by atoms with E-state index in [9.17, 15) is 23.2 Å². The number of esters is 1. The smallest absolute Gasteiger partial charge is 0.411 e. The summed E-state index contributed by atoms with van der Waals surface area (Å²) in [6, 6.07) is 11.3. The molecule has 0 heterocycles. The van der Waals surface area contributed by atoms with Gasteiger partial charge in [-0.15, -0.1) is 0 Å². The molecular formula is C19H18F2N2O6. The molecule has 0 aromatic heterocycles. The Morgan fingerprint density at radius 3 is 2.31 bits per heavy atom. The summed E-state index contributed by atoms with van der Waals surface area (Å²) in [5.74, 6) is -1.73. The van der Waals surface area contributed by atoms with Gasteiger partial charge in [-0.2, -0.15) is 8.78 Å². The Labute approximate surface area is 164 Å². The lowest BCUT2D eigenvalue weighted by Crippen LogP contribution is -2.21. The molecule has 2 aromatic rings. The number of para-hydroxylation sites is 2. The number of nitrogens with one attached hydrogen (secondary N) is 2. The molecule has 154 valence electrons. The summed E-state index contributed by atoms with van der Waals surface area (Å²) in [6.45, 7) is -1.80. The van der Waals surface area contributed by atoms with Crippen LogP contribution in [0.15, 0.2) is 48.5 Å². The maximum absolute atomic E-state index is 12.4. The minimum atomic E-state index is -3.05. The van der Waals surface area contributed by atoms with E-state index in [2.05, 4.69) is 15.4 Å². The van der Waals surface area contributed by atoms with Gasteiger partial charge >= 0.3 is 18.7 Å². The van der Waals surface area contributed by atoms with E-state index >= 15 is 0 Å². The van der Waals surface area contributed by atoms with Gasteiger partial charge in [0.2, 0.25) is 0 Å². The van der Waals surface area contributed by atoms with E-state index in [-0.39, 0.29) is 23.6 Å². The number of hydrogen-bond acceptors (Lipinski definition) is 6. The van der Waals surface area contributed by atoms with Crippen LogP contribution in [0.25, 0.3) is 0 Å². The molecule has 29 heavy (non-hydrogen) atoms. The molecule has 0 spiro atoms. The number of alkyl halides is 2. The minimum absolute atomic E-state index is 0.0169. The van der Waals surface area contributed by atoms with Crippen molar-refractivity contribution in [3.8, 4) is 5.75 Å². The van der Waals surface area contributed by atoms with Crippen LogP contribution in [0.5, 0.6) is 5.75 Å². The summed E-state index contributed by atoms with van der Waals surface area (Å²) >= 11 is 0. The Bertz CT molecular complexity index is 858. The molecule has 0 aliphatic carbocycles. The zero-order valence-electron chi connectivity index (χ0n) is 15.3. The number of halogens is 2. The largest absolute Gasteiger partial charge is 0.452 e. The van der Waals surface area contributed by atoms with Crippen molar-refractivity contribution in [3.63, 3.8) is 0 Å². The summed E-state index contributed by atoms with van der Waals surface area (Å²) in [5, 5.41) is 4.79. The molecule has 0 unspecified atom stereocenters. The third-order valence-corrected chi connectivity index (χ3v) is 3.35. The van der Waals surface area contributed by atoms with Gasteiger partial charge in [0.1, 0.15) is 5.75 Å². The van der Waals surface area contributed by atoms with Gasteiger partial charge in [-0.1, -0.05) is 12.1 Å². The number of rotatable bonds is 8. The van der Waals surface area contributed by atoms with Crippen LogP contribution >= 0.6 is 0 Å². The molecule has 8 nitrogen and oxygen atoms in total. The molecule has 2 aromatic carbocycles. The topological polar surface area (TPSA) is 103 Å². The molecule has 2 N–H and O–H groups in total. The fraction of sp³-hybridized carbons (Fsp3) is 0.211. The first-order chi connectivity index (χ1) is 13.9. The minimum Gasteiger partial charge on any atom is -0.452 e. The number of anilines is 2. The number of amides is 2. The van der Waals surface area contributed by atoms with Gasteiger partial charge in [0.05, 0.1) is 17.9 Å². The number of hydrogen-bond donors (Lipinski definition) is 2. The van der Waals surface area contributed by atoms with E-state index in [0.717, 1.165) is 0 Å². The van der Waals surface area contributed by atoms with Gasteiger partial charge in [-0.25, -0.2) is 9.59 Å². The van der Waals surface area contributed by atoms with Gasteiger partial charge in [-0.3, -0.25) is 10.1 Å². The summed E-state index contributed by atoms with van der Waals surface area (Å²) in [4.78, 5) is 35.3. The molecule has 0 atom stereocenters. The van der Waals surface area contributed by atoms with Gasteiger partial charge in [0.25, 0.3) is 5.91 Å². The van der Waals surface area contributed by atoms with E-state index in [1.807, 2.05) is 0 Å². The zero-order valence-corrected chi connectivity index (χ0v) is 15.3. The fourth-order valence-electron chi connectivity index (χ4n) is 2.14. The van der Waals surface area contributed by atoms with Crippen molar-refractivity contribution >= 4 is 29.3 Å². The lowest BCUT2D eigenvalue weighted by Gasteiger charge is -2.12. The monoisotopic (exact) mass is 408 g/mol. The van der Waals surface area contributed by atoms with Crippen LogP contribution in [0.2, 0.25) is 0 Å². The Balaban J connectivity index is 1.87. The van der Waals surface area contributed by atoms with Crippen molar-refractivity contribution in [1.29, 1.82) is 0 Å². The van der Waals surface area contributed by atoms with Crippen LogP contribution in [0.1, 0.15) is 17.3 Å². The average molecular weight is 408 g/mol. The first kappa shape index (κ1) is 21.6. The second-order valence-electron chi connectivity index (χ2n) is 5.42. The summed E-state index contributed by atoms with van der Waals surface area (Å²) in [7, 11) is 0. The summed E-state index contributed by atoms with van der Waals surface area (Å²) in [5.41, 5.74) is 0.574. The molecule has 2 rings (SSSR count). The molecule has 0 radical (unpaired) electrons.